The van der Waals surface area contributed by atoms with Gasteiger partial charge in [-0.2, -0.15) is 0 Å². The molecule has 0 aliphatic carbocycles. The summed E-state index contributed by atoms with van der Waals surface area (Å²) in [7, 11) is 0. The number of hydrogen-bond acceptors (Lipinski definition) is 5. The van der Waals surface area contributed by atoms with Gasteiger partial charge in [0.2, 0.25) is 5.91 Å². The van der Waals surface area contributed by atoms with Crippen LogP contribution in [0.5, 0.6) is 0 Å². The van der Waals surface area contributed by atoms with Gasteiger partial charge in [-0.3, -0.25) is 14.4 Å². The third-order valence-corrected chi connectivity index (χ3v) is 3.89. The lowest BCUT2D eigenvalue weighted by Gasteiger charge is -2.32. The SMILES string of the molecule is CC(=O)O[C@H](C(=O)N1CCOCC1)[C@@H](Cc1ccccc1)C(N)=O. The van der Waals surface area contributed by atoms with Crippen LogP contribution in [0.4, 0.5) is 0 Å². The highest BCUT2D eigenvalue weighted by molar-refractivity contribution is 5.90. The number of nitrogens with zero attached hydrogens (tertiary/aromatic N) is 1. The molecule has 2 N–H and O–H groups in total. The number of carbonyl (C=O) groups excluding carboxylic acids is 3. The number of ether oxygens (including phenoxy) is 2. The van der Waals surface area contributed by atoms with E-state index in [-0.39, 0.29) is 6.42 Å². The van der Waals surface area contributed by atoms with Crippen molar-refractivity contribution in [1.82, 2.24) is 4.90 Å². The second kappa shape index (κ2) is 8.44. The van der Waals surface area contributed by atoms with Gasteiger partial charge >= 0.3 is 5.97 Å². The van der Waals surface area contributed by atoms with Gasteiger partial charge in [-0.1, -0.05) is 30.3 Å². The van der Waals surface area contributed by atoms with Gasteiger partial charge in [0.05, 0.1) is 19.1 Å². The summed E-state index contributed by atoms with van der Waals surface area (Å²) in [6.07, 6.45) is -0.997. The lowest BCUT2D eigenvalue weighted by Crippen LogP contribution is -2.52. The number of primary amides is 1. The highest BCUT2D eigenvalue weighted by atomic mass is 16.5. The summed E-state index contributed by atoms with van der Waals surface area (Å²) in [5.74, 6) is -2.63. The predicted molar refractivity (Wildman–Crippen MR) is 85.8 cm³/mol. The van der Waals surface area contributed by atoms with Crippen LogP contribution in [0.1, 0.15) is 12.5 Å². The van der Waals surface area contributed by atoms with Gasteiger partial charge in [0, 0.05) is 20.0 Å². The first-order valence-electron chi connectivity index (χ1n) is 7.86. The zero-order valence-corrected chi connectivity index (χ0v) is 13.6. The van der Waals surface area contributed by atoms with Crippen LogP contribution >= 0.6 is 0 Å². The molecule has 7 heteroatoms. The average Bonchev–Trinajstić information content (AvgIpc) is 2.58. The van der Waals surface area contributed by atoms with Gasteiger partial charge < -0.3 is 20.1 Å². The molecule has 1 heterocycles. The van der Waals surface area contributed by atoms with Crippen LogP contribution in [0.15, 0.2) is 30.3 Å². The standard InChI is InChI=1S/C17H22N2O5/c1-12(20)24-15(17(22)19-7-9-23-10-8-19)14(16(18)21)11-13-5-3-2-4-6-13/h2-6,14-15H,7-11H2,1H3,(H2,18,21)/t14-,15+/m1/s1. The van der Waals surface area contributed by atoms with Gasteiger partial charge in [-0.15, -0.1) is 0 Å². The molecule has 1 aromatic rings. The highest BCUT2D eigenvalue weighted by Gasteiger charge is 2.38. The molecule has 2 atom stereocenters. The number of hydrogen-bond donors (Lipinski definition) is 1. The van der Waals surface area contributed by atoms with Gasteiger partial charge in [-0.05, 0) is 12.0 Å². The second-order valence-electron chi connectivity index (χ2n) is 5.67. The van der Waals surface area contributed by atoms with Crippen LogP contribution in [0.25, 0.3) is 0 Å². The molecule has 0 aromatic heterocycles. The average molecular weight is 334 g/mol. The third kappa shape index (κ3) is 4.79. The van der Waals surface area contributed by atoms with Gasteiger partial charge in [0.15, 0.2) is 6.10 Å². The summed E-state index contributed by atoms with van der Waals surface area (Å²) in [6.45, 7) is 2.83. The van der Waals surface area contributed by atoms with Crippen LogP contribution in [-0.2, 0) is 30.3 Å². The number of nitrogens with two attached hydrogens (primary N) is 1. The largest absolute Gasteiger partial charge is 0.452 e. The van der Waals surface area contributed by atoms with E-state index in [9.17, 15) is 14.4 Å². The molecule has 0 saturated carbocycles. The van der Waals surface area contributed by atoms with Gasteiger partial charge in [0.1, 0.15) is 0 Å². The van der Waals surface area contributed by atoms with Crippen molar-refractivity contribution in [2.45, 2.75) is 19.4 Å². The lowest BCUT2D eigenvalue weighted by atomic mass is 9.92. The Morgan fingerprint density at radius 1 is 1.21 bits per heavy atom. The minimum absolute atomic E-state index is 0.226. The van der Waals surface area contributed by atoms with E-state index < -0.39 is 29.8 Å². The first-order valence-corrected chi connectivity index (χ1v) is 7.86. The minimum Gasteiger partial charge on any atom is -0.452 e. The number of rotatable bonds is 6. The van der Waals surface area contributed by atoms with E-state index in [1.54, 1.807) is 0 Å². The normalized spacial score (nSPS) is 17.0. The van der Waals surface area contributed by atoms with Crippen molar-refractivity contribution in [3.8, 4) is 0 Å². The van der Waals surface area contributed by atoms with Gasteiger partial charge in [-0.25, -0.2) is 0 Å². The Hall–Kier alpha value is -2.41. The number of amides is 2. The topological polar surface area (TPSA) is 98.9 Å². The Labute approximate surface area is 140 Å². The molecule has 1 saturated heterocycles. The molecular formula is C17H22N2O5. The molecule has 0 bridgehead atoms. The summed E-state index contributed by atoms with van der Waals surface area (Å²) < 4.78 is 10.4. The maximum Gasteiger partial charge on any atom is 0.303 e. The molecule has 130 valence electrons. The van der Waals surface area contributed by atoms with E-state index in [2.05, 4.69) is 0 Å². The van der Waals surface area contributed by atoms with Crippen molar-refractivity contribution in [3.05, 3.63) is 35.9 Å². The molecule has 0 spiro atoms. The maximum absolute atomic E-state index is 12.8. The van der Waals surface area contributed by atoms with Crippen molar-refractivity contribution in [2.24, 2.45) is 11.7 Å². The summed E-state index contributed by atoms with van der Waals surface area (Å²) in [5, 5.41) is 0. The van der Waals surface area contributed by atoms with E-state index in [4.69, 9.17) is 15.2 Å². The van der Waals surface area contributed by atoms with E-state index in [0.29, 0.717) is 26.3 Å². The first-order chi connectivity index (χ1) is 11.5. The van der Waals surface area contributed by atoms with Crippen molar-refractivity contribution in [3.63, 3.8) is 0 Å². The smallest absolute Gasteiger partial charge is 0.303 e. The minimum atomic E-state index is -1.22. The molecule has 2 amide bonds. The molecule has 0 radical (unpaired) electrons. The Morgan fingerprint density at radius 3 is 2.38 bits per heavy atom. The monoisotopic (exact) mass is 334 g/mol. The molecule has 7 nitrogen and oxygen atoms in total. The lowest BCUT2D eigenvalue weighted by molar-refractivity contribution is -0.166. The quantitative estimate of drug-likeness (QED) is 0.745. The molecule has 24 heavy (non-hydrogen) atoms. The number of benzene rings is 1. The van der Waals surface area contributed by atoms with Crippen LogP contribution in [0, 0.1) is 5.92 Å². The Bertz CT molecular complexity index is 584. The van der Waals surface area contributed by atoms with Crippen LogP contribution in [-0.4, -0.2) is 55.1 Å². The van der Waals surface area contributed by atoms with E-state index in [1.165, 1.54) is 11.8 Å². The summed E-state index contributed by atoms with van der Waals surface area (Å²) in [5.41, 5.74) is 6.34. The molecule has 0 unspecified atom stereocenters. The Balaban J connectivity index is 2.22. The predicted octanol–water partition coefficient (Wildman–Crippen LogP) is 0.121. The molecule has 2 rings (SSSR count). The second-order valence-corrected chi connectivity index (χ2v) is 5.67. The number of morpholine rings is 1. The third-order valence-electron chi connectivity index (χ3n) is 3.89. The summed E-state index contributed by atoms with van der Waals surface area (Å²) >= 11 is 0. The summed E-state index contributed by atoms with van der Waals surface area (Å²) in [4.78, 5) is 37.7. The molecule has 1 aromatic carbocycles. The highest BCUT2D eigenvalue weighted by Crippen LogP contribution is 2.18. The van der Waals surface area contributed by atoms with Crippen molar-refractivity contribution in [2.75, 3.05) is 26.3 Å². The number of esters is 1. The fourth-order valence-electron chi connectivity index (χ4n) is 2.67. The van der Waals surface area contributed by atoms with E-state index >= 15 is 0 Å². The Kier molecular flexibility index (Phi) is 6.31. The van der Waals surface area contributed by atoms with E-state index in [0.717, 1.165) is 5.56 Å². The van der Waals surface area contributed by atoms with Crippen molar-refractivity contribution >= 4 is 17.8 Å². The molecule has 1 aliphatic rings. The number of carbonyl (C=O) groups is 3. The molecule has 1 fully saturated rings. The van der Waals surface area contributed by atoms with Crippen LogP contribution < -0.4 is 5.73 Å². The van der Waals surface area contributed by atoms with Gasteiger partial charge in [0.25, 0.3) is 5.91 Å². The van der Waals surface area contributed by atoms with Crippen LogP contribution in [0.2, 0.25) is 0 Å². The first kappa shape index (κ1) is 17.9. The fraction of sp³-hybridized carbons (Fsp3) is 0.471. The van der Waals surface area contributed by atoms with Crippen molar-refractivity contribution < 1.29 is 23.9 Å². The Morgan fingerprint density at radius 2 is 1.83 bits per heavy atom. The van der Waals surface area contributed by atoms with Crippen LogP contribution in [0.3, 0.4) is 0 Å². The molecular weight excluding hydrogens is 312 g/mol. The zero-order chi connectivity index (χ0) is 17.5. The van der Waals surface area contributed by atoms with Crippen molar-refractivity contribution in [1.29, 1.82) is 0 Å². The zero-order valence-electron chi connectivity index (χ0n) is 13.6. The van der Waals surface area contributed by atoms with E-state index in [1.807, 2.05) is 30.3 Å². The summed E-state index contributed by atoms with van der Waals surface area (Å²) in [6, 6.07) is 9.18. The molecule has 1 aliphatic heterocycles. The fourth-order valence-corrected chi connectivity index (χ4v) is 2.67. The maximum atomic E-state index is 12.8.